The number of carbonyl (C=O) groups excluding carboxylic acids is 1. The van der Waals surface area contributed by atoms with Gasteiger partial charge in [0.1, 0.15) is 11.1 Å². The smallest absolute Gasteiger partial charge is 0.235 e. The van der Waals surface area contributed by atoms with E-state index < -0.39 is 0 Å². The number of nitriles is 1. The van der Waals surface area contributed by atoms with Crippen LogP contribution in [-0.2, 0) is 24.2 Å². The minimum atomic E-state index is -0.151. The van der Waals surface area contributed by atoms with Gasteiger partial charge in [-0.15, -0.1) is 28.1 Å². The number of aromatic nitrogens is 3. The first-order chi connectivity index (χ1) is 16.3. The fraction of sp³-hybridized carbons (Fsp3) is 0.385. The quantitative estimate of drug-likeness (QED) is 0.326. The number of benzene rings is 1. The van der Waals surface area contributed by atoms with E-state index in [0.29, 0.717) is 28.2 Å². The van der Waals surface area contributed by atoms with Crippen LogP contribution in [0.25, 0.3) is 11.4 Å². The van der Waals surface area contributed by atoms with Gasteiger partial charge >= 0.3 is 0 Å². The normalized spacial score (nSPS) is 15.4. The highest BCUT2D eigenvalue weighted by Gasteiger charge is 2.32. The number of rotatable bonds is 7. The van der Waals surface area contributed by atoms with Crippen molar-refractivity contribution >= 4 is 34.0 Å². The minimum absolute atomic E-state index is 0.151. The number of anilines is 1. The summed E-state index contributed by atoms with van der Waals surface area (Å²) < 4.78 is 1.96. The van der Waals surface area contributed by atoms with Gasteiger partial charge in [0.05, 0.1) is 11.3 Å². The summed E-state index contributed by atoms with van der Waals surface area (Å²) in [6.07, 6.45) is 4.73. The standard InChI is InChI=1S/C26H29N5OS2/c1-5-13-31-23(17-9-7-6-8-10-17)29-30-25(31)33-16-22(32)28-24-20(15-27)19-12-11-18(26(2,3)4)14-21(19)34-24/h5-10,18H,1,11-14,16H2,2-4H3,(H,28,32)/t18-/m1/s1. The van der Waals surface area contributed by atoms with E-state index in [0.717, 1.165) is 36.2 Å². The van der Waals surface area contributed by atoms with Gasteiger partial charge in [-0.25, -0.2) is 0 Å². The Kier molecular flexibility index (Phi) is 7.24. The first kappa shape index (κ1) is 24.2. The van der Waals surface area contributed by atoms with E-state index in [-0.39, 0.29) is 17.1 Å². The summed E-state index contributed by atoms with van der Waals surface area (Å²) in [7, 11) is 0. The van der Waals surface area contributed by atoms with Crippen molar-refractivity contribution in [3.8, 4) is 17.5 Å². The van der Waals surface area contributed by atoms with Gasteiger partial charge in [0.15, 0.2) is 11.0 Å². The van der Waals surface area contributed by atoms with Crippen LogP contribution in [0, 0.1) is 22.7 Å². The molecule has 0 fully saturated rings. The molecule has 176 valence electrons. The van der Waals surface area contributed by atoms with Crippen molar-refractivity contribution in [3.05, 3.63) is 59.0 Å². The van der Waals surface area contributed by atoms with Crippen molar-refractivity contribution in [3.63, 3.8) is 0 Å². The first-order valence-electron chi connectivity index (χ1n) is 11.4. The molecule has 3 aromatic rings. The van der Waals surface area contributed by atoms with E-state index in [9.17, 15) is 10.1 Å². The highest BCUT2D eigenvalue weighted by atomic mass is 32.2. The highest BCUT2D eigenvalue weighted by Crippen LogP contribution is 2.44. The van der Waals surface area contributed by atoms with Crippen LogP contribution < -0.4 is 5.32 Å². The molecule has 1 aliphatic carbocycles. The third-order valence-corrected chi connectivity index (χ3v) is 8.38. The predicted octanol–water partition coefficient (Wildman–Crippen LogP) is 5.95. The number of hydrogen-bond donors (Lipinski definition) is 1. The topological polar surface area (TPSA) is 83.6 Å². The number of fused-ring (bicyclic) bond motifs is 1. The lowest BCUT2D eigenvalue weighted by atomic mass is 9.72. The van der Waals surface area contributed by atoms with E-state index in [1.54, 1.807) is 17.4 Å². The monoisotopic (exact) mass is 491 g/mol. The summed E-state index contributed by atoms with van der Waals surface area (Å²) in [4.78, 5) is 14.1. The molecule has 0 saturated heterocycles. The number of nitrogens with one attached hydrogen (secondary N) is 1. The van der Waals surface area contributed by atoms with Crippen molar-refractivity contribution in [2.45, 2.75) is 51.7 Å². The summed E-state index contributed by atoms with van der Waals surface area (Å²) in [5.74, 6) is 1.36. The Balaban J connectivity index is 1.47. The molecule has 0 saturated carbocycles. The molecule has 0 aliphatic heterocycles. The summed E-state index contributed by atoms with van der Waals surface area (Å²) >= 11 is 2.89. The molecular weight excluding hydrogens is 462 g/mol. The van der Waals surface area contributed by atoms with Gasteiger partial charge in [0.25, 0.3) is 0 Å². The molecule has 4 rings (SSSR count). The molecule has 1 aliphatic rings. The fourth-order valence-corrected chi connectivity index (χ4v) is 6.36. The Morgan fingerprint density at radius 3 is 2.79 bits per heavy atom. The van der Waals surface area contributed by atoms with Crippen molar-refractivity contribution in [1.29, 1.82) is 5.26 Å². The zero-order valence-electron chi connectivity index (χ0n) is 19.8. The number of nitrogens with zero attached hydrogens (tertiary/aromatic N) is 4. The number of carbonyl (C=O) groups is 1. The van der Waals surface area contributed by atoms with E-state index in [1.165, 1.54) is 16.6 Å². The van der Waals surface area contributed by atoms with Gasteiger partial charge < -0.3 is 5.32 Å². The highest BCUT2D eigenvalue weighted by molar-refractivity contribution is 7.99. The molecular formula is C26H29N5OS2. The lowest BCUT2D eigenvalue weighted by Crippen LogP contribution is -2.26. The van der Waals surface area contributed by atoms with Crippen molar-refractivity contribution < 1.29 is 4.79 Å². The lowest BCUT2D eigenvalue weighted by molar-refractivity contribution is -0.113. The molecule has 1 amide bonds. The number of allylic oxidation sites excluding steroid dienone is 1. The van der Waals surface area contributed by atoms with Crippen molar-refractivity contribution in [1.82, 2.24) is 14.8 Å². The number of thiophene rings is 1. The maximum Gasteiger partial charge on any atom is 0.235 e. The van der Waals surface area contributed by atoms with Gasteiger partial charge in [0, 0.05) is 17.0 Å². The first-order valence-corrected chi connectivity index (χ1v) is 13.2. The Labute approximate surface area is 209 Å². The molecule has 2 heterocycles. The van der Waals surface area contributed by atoms with E-state index in [4.69, 9.17) is 0 Å². The van der Waals surface area contributed by atoms with Gasteiger partial charge in [-0.2, -0.15) is 5.26 Å². The Morgan fingerprint density at radius 2 is 2.12 bits per heavy atom. The predicted molar refractivity (Wildman–Crippen MR) is 139 cm³/mol. The van der Waals surface area contributed by atoms with E-state index >= 15 is 0 Å². The second-order valence-electron chi connectivity index (χ2n) is 9.53. The SMILES string of the molecule is C=CCn1c(SCC(=O)Nc2sc3c(c2C#N)CC[C@@H](C(C)(C)C)C3)nnc1-c1ccccc1. The molecule has 6 nitrogen and oxygen atoms in total. The van der Waals surface area contributed by atoms with Crippen LogP contribution in [0.2, 0.25) is 0 Å². The zero-order chi connectivity index (χ0) is 24.3. The van der Waals surface area contributed by atoms with E-state index in [2.05, 4.69) is 48.9 Å². The molecule has 1 atom stereocenters. The molecule has 1 aromatic carbocycles. The largest absolute Gasteiger partial charge is 0.316 e. The summed E-state index contributed by atoms with van der Waals surface area (Å²) in [5.41, 5.74) is 2.94. The fourth-order valence-electron chi connectivity index (χ4n) is 4.31. The maximum absolute atomic E-state index is 12.8. The third-order valence-electron chi connectivity index (χ3n) is 6.25. The van der Waals surface area contributed by atoms with E-state index in [1.807, 2.05) is 34.9 Å². The van der Waals surface area contributed by atoms with Gasteiger partial charge in [0.2, 0.25) is 5.91 Å². The maximum atomic E-state index is 12.8. The summed E-state index contributed by atoms with van der Waals surface area (Å²) in [6, 6.07) is 12.2. The Morgan fingerprint density at radius 1 is 1.35 bits per heavy atom. The Bertz CT molecular complexity index is 1230. The average molecular weight is 492 g/mol. The third kappa shape index (κ3) is 5.11. The number of thioether (sulfide) groups is 1. The van der Waals surface area contributed by atoms with Crippen LogP contribution in [0.4, 0.5) is 5.00 Å². The summed E-state index contributed by atoms with van der Waals surface area (Å²) in [5, 5.41) is 22.8. The van der Waals surface area contributed by atoms with Crippen molar-refractivity contribution in [2.24, 2.45) is 11.3 Å². The van der Waals surface area contributed by atoms with Crippen LogP contribution in [0.3, 0.4) is 0 Å². The second kappa shape index (κ2) is 10.2. The van der Waals surface area contributed by atoms with Gasteiger partial charge in [-0.3, -0.25) is 9.36 Å². The lowest BCUT2D eigenvalue weighted by Gasteiger charge is -2.33. The molecule has 8 heteroatoms. The second-order valence-corrected chi connectivity index (χ2v) is 11.6. The average Bonchev–Trinajstić information content (AvgIpc) is 3.37. The molecule has 0 unspecified atom stereocenters. The minimum Gasteiger partial charge on any atom is -0.316 e. The van der Waals surface area contributed by atoms with Gasteiger partial charge in [-0.05, 0) is 36.2 Å². The van der Waals surface area contributed by atoms with Crippen LogP contribution in [0.1, 0.15) is 43.2 Å². The van der Waals surface area contributed by atoms with Gasteiger partial charge in [-0.1, -0.05) is 68.9 Å². The molecule has 0 bridgehead atoms. The Hall–Kier alpha value is -2.89. The van der Waals surface area contributed by atoms with Crippen LogP contribution in [0.5, 0.6) is 0 Å². The molecule has 2 aromatic heterocycles. The number of hydrogen-bond acceptors (Lipinski definition) is 6. The number of amides is 1. The molecule has 0 spiro atoms. The molecule has 0 radical (unpaired) electrons. The zero-order valence-corrected chi connectivity index (χ0v) is 21.4. The van der Waals surface area contributed by atoms with Crippen LogP contribution in [0.15, 0.2) is 48.1 Å². The molecule has 1 N–H and O–H groups in total. The van der Waals surface area contributed by atoms with Crippen LogP contribution >= 0.6 is 23.1 Å². The van der Waals surface area contributed by atoms with Crippen molar-refractivity contribution in [2.75, 3.05) is 11.1 Å². The summed E-state index contributed by atoms with van der Waals surface area (Å²) in [6.45, 7) is 11.2. The molecule has 34 heavy (non-hydrogen) atoms. The van der Waals surface area contributed by atoms with Crippen LogP contribution in [-0.4, -0.2) is 26.4 Å².